The first-order valence-electron chi connectivity index (χ1n) is 11.8. The molecule has 0 spiro atoms. The molecule has 3 aliphatic rings. The summed E-state index contributed by atoms with van der Waals surface area (Å²) >= 11 is 0. The van der Waals surface area contributed by atoms with Crippen LogP contribution in [0.1, 0.15) is 52.9 Å². The topological polar surface area (TPSA) is 95.5 Å². The van der Waals surface area contributed by atoms with Crippen LogP contribution in [0.5, 0.6) is 5.75 Å². The number of H-pyrrole nitrogens is 1. The zero-order valence-corrected chi connectivity index (χ0v) is 18.5. The Morgan fingerprint density at radius 1 is 1.18 bits per heavy atom. The number of nitrogens with zero attached hydrogens (tertiary/aromatic N) is 2. The number of carbonyl (C=O) groups is 1. The van der Waals surface area contributed by atoms with E-state index in [1.807, 2.05) is 29.2 Å². The van der Waals surface area contributed by atoms with Gasteiger partial charge in [-0.3, -0.25) is 9.59 Å². The number of hydrogen-bond donors (Lipinski definition) is 2. The van der Waals surface area contributed by atoms with Crippen molar-refractivity contribution in [1.82, 2.24) is 15.1 Å². The van der Waals surface area contributed by atoms with Crippen molar-refractivity contribution in [3.05, 3.63) is 69.1 Å². The minimum atomic E-state index is -0.480. The van der Waals surface area contributed by atoms with Gasteiger partial charge in [0.05, 0.1) is 28.9 Å². The largest absolute Gasteiger partial charge is 0.492 e. The monoisotopic (exact) mass is 445 g/mol. The molecule has 1 saturated carbocycles. The van der Waals surface area contributed by atoms with E-state index in [0.29, 0.717) is 48.7 Å². The van der Waals surface area contributed by atoms with E-state index in [1.165, 1.54) is 0 Å². The number of fused-ring (bicyclic) bond motifs is 2. The Balaban J connectivity index is 1.30. The SMILES string of the molecule is O=C(c1cc(Cc2n[nH]c(=O)c3ccccc23)cc2c1OCC2)N1CCC(C2(O)CC2)CC1. The molecule has 33 heavy (non-hydrogen) atoms. The van der Waals surface area contributed by atoms with Crippen LogP contribution in [0.3, 0.4) is 0 Å². The van der Waals surface area contributed by atoms with Crippen molar-refractivity contribution < 1.29 is 14.6 Å². The standard InChI is InChI=1S/C26H27N3O4/c30-24-20-4-2-1-3-19(20)22(27-28-24)15-16-13-17-7-12-33-23(17)21(14-16)25(31)29-10-5-18(6-11-29)26(32)8-9-26/h1-4,13-14,18,32H,5-12,15H2,(H,28,30). The number of piperidine rings is 1. The average molecular weight is 446 g/mol. The molecule has 0 bridgehead atoms. The molecule has 1 amide bonds. The van der Waals surface area contributed by atoms with E-state index in [1.54, 1.807) is 6.07 Å². The fourth-order valence-corrected chi connectivity index (χ4v) is 5.46. The van der Waals surface area contributed by atoms with Crippen LogP contribution >= 0.6 is 0 Å². The van der Waals surface area contributed by atoms with Crippen molar-refractivity contribution in [3.63, 3.8) is 0 Å². The Bertz CT molecular complexity index is 1300. The van der Waals surface area contributed by atoms with Crippen LogP contribution in [0.15, 0.2) is 41.2 Å². The van der Waals surface area contributed by atoms with E-state index in [4.69, 9.17) is 4.74 Å². The number of hydrogen-bond acceptors (Lipinski definition) is 5. The first kappa shape index (κ1) is 20.4. The van der Waals surface area contributed by atoms with Crippen molar-refractivity contribution in [2.75, 3.05) is 19.7 Å². The van der Waals surface area contributed by atoms with Crippen LogP contribution in [-0.4, -0.2) is 51.4 Å². The normalized spacial score (nSPS) is 19.4. The van der Waals surface area contributed by atoms with Crippen LogP contribution in [0, 0.1) is 5.92 Å². The molecule has 7 nitrogen and oxygen atoms in total. The third-order valence-corrected chi connectivity index (χ3v) is 7.52. The molecule has 3 aromatic rings. The predicted octanol–water partition coefficient (Wildman–Crippen LogP) is 2.83. The molecule has 2 aliphatic heterocycles. The van der Waals surface area contributed by atoms with Crippen LogP contribution in [0.25, 0.3) is 10.8 Å². The lowest BCUT2D eigenvalue weighted by Crippen LogP contribution is -2.42. The Labute approximate surface area is 191 Å². The van der Waals surface area contributed by atoms with Gasteiger partial charge in [-0.15, -0.1) is 0 Å². The summed E-state index contributed by atoms with van der Waals surface area (Å²) in [5.74, 6) is 0.996. The van der Waals surface area contributed by atoms with Gasteiger partial charge < -0.3 is 14.7 Å². The van der Waals surface area contributed by atoms with Crippen molar-refractivity contribution in [3.8, 4) is 5.75 Å². The van der Waals surface area contributed by atoms with Gasteiger partial charge in [0.1, 0.15) is 5.75 Å². The van der Waals surface area contributed by atoms with E-state index in [0.717, 1.165) is 54.3 Å². The minimum Gasteiger partial charge on any atom is -0.492 e. The van der Waals surface area contributed by atoms with Gasteiger partial charge in [0.2, 0.25) is 0 Å². The third-order valence-electron chi connectivity index (χ3n) is 7.52. The van der Waals surface area contributed by atoms with Crippen molar-refractivity contribution in [1.29, 1.82) is 0 Å². The van der Waals surface area contributed by atoms with Gasteiger partial charge in [-0.2, -0.15) is 5.10 Å². The highest BCUT2D eigenvalue weighted by Gasteiger charge is 2.48. The van der Waals surface area contributed by atoms with Crippen LogP contribution in [0.4, 0.5) is 0 Å². The Morgan fingerprint density at radius 3 is 2.70 bits per heavy atom. The molecule has 0 radical (unpaired) electrons. The number of benzene rings is 2. The molecular weight excluding hydrogens is 418 g/mol. The van der Waals surface area contributed by atoms with Gasteiger partial charge in [-0.05, 0) is 54.9 Å². The Morgan fingerprint density at radius 2 is 1.94 bits per heavy atom. The van der Waals surface area contributed by atoms with Crippen molar-refractivity contribution in [2.24, 2.45) is 5.92 Å². The highest BCUT2D eigenvalue weighted by molar-refractivity contribution is 5.98. The fourth-order valence-electron chi connectivity index (χ4n) is 5.46. The molecule has 0 atom stereocenters. The Hall–Kier alpha value is -3.19. The zero-order chi connectivity index (χ0) is 22.6. The molecule has 0 unspecified atom stereocenters. The summed E-state index contributed by atoms with van der Waals surface area (Å²) in [5.41, 5.74) is 2.73. The maximum Gasteiger partial charge on any atom is 0.272 e. The lowest BCUT2D eigenvalue weighted by Gasteiger charge is -2.34. The summed E-state index contributed by atoms with van der Waals surface area (Å²) in [6.45, 7) is 1.90. The number of aromatic amines is 1. The summed E-state index contributed by atoms with van der Waals surface area (Å²) in [7, 11) is 0. The molecule has 2 aromatic carbocycles. The first-order chi connectivity index (χ1) is 16.0. The maximum absolute atomic E-state index is 13.5. The maximum atomic E-state index is 13.5. The molecule has 7 heteroatoms. The molecule has 2 N–H and O–H groups in total. The summed E-state index contributed by atoms with van der Waals surface area (Å²) in [4.78, 5) is 27.6. The summed E-state index contributed by atoms with van der Waals surface area (Å²) < 4.78 is 5.87. The van der Waals surface area contributed by atoms with Gasteiger partial charge in [-0.25, -0.2) is 5.10 Å². The molecule has 1 aliphatic carbocycles. The molecule has 6 rings (SSSR count). The number of aliphatic hydroxyl groups is 1. The predicted molar refractivity (Wildman–Crippen MR) is 124 cm³/mol. The highest BCUT2D eigenvalue weighted by Crippen LogP contribution is 2.46. The number of rotatable bonds is 4. The van der Waals surface area contributed by atoms with Crippen molar-refractivity contribution >= 4 is 16.7 Å². The second-order valence-electron chi connectivity index (χ2n) is 9.62. The van der Waals surface area contributed by atoms with E-state index >= 15 is 0 Å². The highest BCUT2D eigenvalue weighted by atomic mass is 16.5. The molecule has 3 heterocycles. The number of aromatic nitrogens is 2. The van der Waals surface area contributed by atoms with Gasteiger partial charge in [-0.1, -0.05) is 24.3 Å². The lowest BCUT2D eigenvalue weighted by molar-refractivity contribution is 0.0339. The Kier molecular flexibility index (Phi) is 4.76. The van der Waals surface area contributed by atoms with Crippen LogP contribution in [-0.2, 0) is 12.8 Å². The van der Waals surface area contributed by atoms with E-state index in [-0.39, 0.29) is 11.5 Å². The first-order valence-corrected chi connectivity index (χ1v) is 11.8. The molecule has 1 saturated heterocycles. The van der Waals surface area contributed by atoms with E-state index in [9.17, 15) is 14.7 Å². The third kappa shape index (κ3) is 3.60. The summed E-state index contributed by atoms with van der Waals surface area (Å²) in [6.07, 6.45) is 4.76. The van der Waals surface area contributed by atoms with Crippen molar-refractivity contribution in [2.45, 2.75) is 44.1 Å². The van der Waals surface area contributed by atoms with E-state index < -0.39 is 5.60 Å². The fraction of sp³-hybridized carbons (Fsp3) is 0.423. The van der Waals surface area contributed by atoms with E-state index in [2.05, 4.69) is 16.3 Å². The zero-order valence-electron chi connectivity index (χ0n) is 18.5. The van der Waals surface area contributed by atoms with Gasteiger partial charge in [0.25, 0.3) is 11.5 Å². The molecule has 1 aromatic heterocycles. The summed E-state index contributed by atoms with van der Waals surface area (Å²) in [5, 5.41) is 18.8. The smallest absolute Gasteiger partial charge is 0.272 e. The molecular formula is C26H27N3O4. The second kappa shape index (κ2) is 7.70. The van der Waals surface area contributed by atoms with Gasteiger partial charge >= 0.3 is 0 Å². The average Bonchev–Trinajstić information content (AvgIpc) is 3.42. The number of amides is 1. The van der Waals surface area contributed by atoms with Crippen LogP contribution in [0.2, 0.25) is 0 Å². The quantitative estimate of drug-likeness (QED) is 0.644. The number of likely N-dealkylation sites (tertiary alicyclic amines) is 1. The molecule has 2 fully saturated rings. The lowest BCUT2D eigenvalue weighted by atomic mass is 9.89. The molecule has 170 valence electrons. The number of carbonyl (C=O) groups excluding carboxylic acids is 1. The van der Waals surface area contributed by atoms with Crippen LogP contribution < -0.4 is 10.3 Å². The number of nitrogens with one attached hydrogen (secondary N) is 1. The second-order valence-corrected chi connectivity index (χ2v) is 9.62. The number of ether oxygens (including phenoxy) is 1. The summed E-state index contributed by atoms with van der Waals surface area (Å²) in [6, 6.07) is 11.5. The van der Waals surface area contributed by atoms with Gasteiger partial charge in [0, 0.05) is 31.3 Å². The minimum absolute atomic E-state index is 0.00415. The van der Waals surface area contributed by atoms with Gasteiger partial charge in [0.15, 0.2) is 0 Å².